The first-order valence-corrected chi connectivity index (χ1v) is 8.98. The van der Waals surface area contributed by atoms with Gasteiger partial charge in [0, 0.05) is 30.4 Å². The molecule has 0 saturated heterocycles. The van der Waals surface area contributed by atoms with Gasteiger partial charge in [-0.1, -0.05) is 36.4 Å². The second-order valence-corrected chi connectivity index (χ2v) is 6.31. The number of carboxylic acid groups (broad SMARTS) is 1. The highest BCUT2D eigenvalue weighted by Crippen LogP contribution is 2.18. The smallest absolute Gasteiger partial charge is 0.411 e. The van der Waals surface area contributed by atoms with Crippen LogP contribution in [0.5, 0.6) is 0 Å². The number of anilines is 1. The lowest BCUT2D eigenvalue weighted by molar-refractivity contribution is 0.202. The van der Waals surface area contributed by atoms with Gasteiger partial charge in [0.1, 0.15) is 0 Å². The van der Waals surface area contributed by atoms with Crippen molar-refractivity contribution in [2.24, 2.45) is 5.73 Å². The third-order valence-electron chi connectivity index (χ3n) is 4.45. The average molecular weight is 378 g/mol. The van der Waals surface area contributed by atoms with Gasteiger partial charge in [0.2, 0.25) is 0 Å². The van der Waals surface area contributed by atoms with E-state index in [0.717, 1.165) is 16.7 Å². The molecule has 144 valence electrons. The topological polar surface area (TPSA) is 101 Å². The van der Waals surface area contributed by atoms with E-state index in [9.17, 15) is 14.7 Å². The van der Waals surface area contributed by atoms with Crippen molar-refractivity contribution in [3.63, 3.8) is 0 Å². The van der Waals surface area contributed by atoms with Gasteiger partial charge in [-0.3, -0.25) is 9.69 Å². The van der Waals surface area contributed by atoms with E-state index >= 15 is 0 Å². The predicted octanol–water partition coefficient (Wildman–Crippen LogP) is 2.92. The van der Waals surface area contributed by atoms with Crippen molar-refractivity contribution in [1.29, 1.82) is 0 Å². The molecular formula is C21H22N4O3. The number of amides is 1. The maximum absolute atomic E-state index is 12.3. The van der Waals surface area contributed by atoms with Gasteiger partial charge in [-0.05, 0) is 36.2 Å². The normalized spacial score (nSPS) is 10.6. The maximum atomic E-state index is 12.3. The Morgan fingerprint density at radius 2 is 1.86 bits per heavy atom. The van der Waals surface area contributed by atoms with E-state index in [4.69, 9.17) is 5.73 Å². The van der Waals surface area contributed by atoms with Crippen LogP contribution in [0.25, 0.3) is 11.3 Å². The molecule has 0 aliphatic carbocycles. The van der Waals surface area contributed by atoms with Crippen LogP contribution in [0.3, 0.4) is 0 Å². The Morgan fingerprint density at radius 1 is 1.11 bits per heavy atom. The summed E-state index contributed by atoms with van der Waals surface area (Å²) in [6.07, 6.45) is -1.02. The highest BCUT2D eigenvalue weighted by Gasteiger charge is 2.12. The molecule has 28 heavy (non-hydrogen) atoms. The molecule has 2 aromatic carbocycles. The lowest BCUT2D eigenvalue weighted by Crippen LogP contribution is -2.29. The highest BCUT2D eigenvalue weighted by atomic mass is 16.4. The largest absolute Gasteiger partial charge is 0.465 e. The summed E-state index contributed by atoms with van der Waals surface area (Å²) in [5.41, 5.74) is 9.36. The zero-order valence-electron chi connectivity index (χ0n) is 15.6. The lowest BCUT2D eigenvalue weighted by atomic mass is 10.1. The van der Waals surface area contributed by atoms with E-state index in [2.05, 4.69) is 5.10 Å². The molecule has 1 amide bonds. The van der Waals surface area contributed by atoms with Crippen LogP contribution in [0.2, 0.25) is 0 Å². The van der Waals surface area contributed by atoms with E-state index < -0.39 is 6.09 Å². The molecule has 0 fully saturated rings. The fraction of sp³-hybridized carbons (Fsp3) is 0.190. The Balaban J connectivity index is 1.90. The van der Waals surface area contributed by atoms with Gasteiger partial charge in [0.25, 0.3) is 5.56 Å². The second kappa shape index (κ2) is 8.49. The SMILES string of the molecule is CCN(C(=O)O)c1cccc(Cn2nc(-c3ccc(CN)cc3)ccc2=O)c1. The van der Waals surface area contributed by atoms with Gasteiger partial charge in [0.05, 0.1) is 12.2 Å². The number of carbonyl (C=O) groups is 1. The molecule has 0 aliphatic heterocycles. The van der Waals surface area contributed by atoms with Crippen molar-refractivity contribution in [3.05, 3.63) is 82.1 Å². The third-order valence-corrected chi connectivity index (χ3v) is 4.45. The summed E-state index contributed by atoms with van der Waals surface area (Å²) < 4.78 is 1.38. The molecule has 7 nitrogen and oxygen atoms in total. The van der Waals surface area contributed by atoms with Crippen LogP contribution in [-0.2, 0) is 13.1 Å². The molecule has 3 rings (SSSR count). The van der Waals surface area contributed by atoms with Crippen molar-refractivity contribution >= 4 is 11.8 Å². The van der Waals surface area contributed by atoms with Gasteiger partial charge in [-0.25, -0.2) is 9.48 Å². The molecule has 1 aromatic heterocycles. The van der Waals surface area contributed by atoms with Gasteiger partial charge in [0.15, 0.2) is 0 Å². The average Bonchev–Trinajstić information content (AvgIpc) is 2.70. The predicted molar refractivity (Wildman–Crippen MR) is 108 cm³/mol. The van der Waals surface area contributed by atoms with Gasteiger partial charge in [-0.15, -0.1) is 0 Å². The molecule has 0 radical (unpaired) electrons. The molecule has 0 atom stereocenters. The summed E-state index contributed by atoms with van der Waals surface area (Å²) in [6, 6.07) is 18.0. The second-order valence-electron chi connectivity index (χ2n) is 6.31. The summed E-state index contributed by atoms with van der Waals surface area (Å²) in [5, 5.41) is 13.8. The number of nitrogens with two attached hydrogens (primary N) is 1. The first-order valence-electron chi connectivity index (χ1n) is 8.98. The van der Waals surface area contributed by atoms with Crippen LogP contribution in [0.15, 0.2) is 65.5 Å². The van der Waals surface area contributed by atoms with E-state index in [-0.39, 0.29) is 12.1 Å². The summed E-state index contributed by atoms with van der Waals surface area (Å²) in [5.74, 6) is 0. The minimum absolute atomic E-state index is 0.224. The van der Waals surface area contributed by atoms with Crippen molar-refractivity contribution in [3.8, 4) is 11.3 Å². The molecule has 7 heteroatoms. The molecule has 3 N–H and O–H groups in total. The molecule has 0 unspecified atom stereocenters. The maximum Gasteiger partial charge on any atom is 0.411 e. The molecule has 0 saturated carbocycles. The Bertz CT molecular complexity index is 1030. The van der Waals surface area contributed by atoms with E-state index in [1.54, 1.807) is 31.2 Å². The Labute approximate surface area is 162 Å². The van der Waals surface area contributed by atoms with Crippen LogP contribution in [0, 0.1) is 0 Å². The lowest BCUT2D eigenvalue weighted by Gasteiger charge is -2.18. The molecule has 1 heterocycles. The van der Waals surface area contributed by atoms with Crippen molar-refractivity contribution in [1.82, 2.24) is 9.78 Å². The molecular weight excluding hydrogens is 356 g/mol. The number of rotatable bonds is 6. The standard InChI is InChI=1S/C21H22N4O3/c1-2-24(21(27)28)18-5-3-4-16(12-18)14-25-20(26)11-10-19(23-25)17-8-6-15(13-22)7-9-17/h3-12H,2,13-14,22H2,1H3,(H,27,28). The van der Waals surface area contributed by atoms with Gasteiger partial charge < -0.3 is 10.8 Å². The monoisotopic (exact) mass is 378 g/mol. The van der Waals surface area contributed by atoms with Crippen LogP contribution in [-0.4, -0.2) is 27.5 Å². The van der Waals surface area contributed by atoms with E-state index in [1.165, 1.54) is 15.6 Å². The quantitative estimate of drug-likeness (QED) is 0.687. The number of nitrogens with zero attached hydrogens (tertiary/aromatic N) is 3. The zero-order valence-corrected chi connectivity index (χ0v) is 15.6. The zero-order chi connectivity index (χ0) is 20.1. The third kappa shape index (κ3) is 4.27. The van der Waals surface area contributed by atoms with Crippen LogP contribution in [0.1, 0.15) is 18.1 Å². The summed E-state index contributed by atoms with van der Waals surface area (Å²) in [7, 11) is 0. The molecule has 0 spiro atoms. The van der Waals surface area contributed by atoms with E-state index in [1.807, 2.05) is 30.3 Å². The fourth-order valence-corrected chi connectivity index (χ4v) is 2.95. The summed E-state index contributed by atoms with van der Waals surface area (Å²) in [6.45, 7) is 2.82. The number of aromatic nitrogens is 2. The van der Waals surface area contributed by atoms with Gasteiger partial charge >= 0.3 is 6.09 Å². The van der Waals surface area contributed by atoms with Crippen LogP contribution in [0.4, 0.5) is 10.5 Å². The molecule has 0 aliphatic rings. The summed E-state index contributed by atoms with van der Waals surface area (Å²) in [4.78, 5) is 24.9. The minimum Gasteiger partial charge on any atom is -0.465 e. The first-order chi connectivity index (χ1) is 13.5. The van der Waals surface area contributed by atoms with Crippen molar-refractivity contribution in [2.75, 3.05) is 11.4 Å². The Morgan fingerprint density at radius 3 is 2.50 bits per heavy atom. The number of hydrogen-bond donors (Lipinski definition) is 2. The van der Waals surface area contributed by atoms with E-state index in [0.29, 0.717) is 24.5 Å². The Hall–Kier alpha value is -3.45. The van der Waals surface area contributed by atoms with Crippen LogP contribution >= 0.6 is 0 Å². The van der Waals surface area contributed by atoms with Crippen molar-refractivity contribution < 1.29 is 9.90 Å². The van der Waals surface area contributed by atoms with Crippen LogP contribution < -0.4 is 16.2 Å². The summed E-state index contributed by atoms with van der Waals surface area (Å²) >= 11 is 0. The van der Waals surface area contributed by atoms with Crippen molar-refractivity contribution in [2.45, 2.75) is 20.0 Å². The molecule has 3 aromatic rings. The number of benzene rings is 2. The molecule has 0 bridgehead atoms. The Kier molecular flexibility index (Phi) is 5.86. The fourth-order valence-electron chi connectivity index (χ4n) is 2.95. The first kappa shape index (κ1) is 19.3. The highest BCUT2D eigenvalue weighted by molar-refractivity contribution is 5.85. The number of hydrogen-bond acceptors (Lipinski definition) is 4. The minimum atomic E-state index is -1.02. The van der Waals surface area contributed by atoms with Gasteiger partial charge in [-0.2, -0.15) is 5.10 Å².